The molecule has 0 bridgehead atoms. The van der Waals surface area contributed by atoms with Gasteiger partial charge in [0.15, 0.2) is 5.82 Å². The van der Waals surface area contributed by atoms with Gasteiger partial charge in [-0.05, 0) is 34.5 Å². The van der Waals surface area contributed by atoms with E-state index in [2.05, 4.69) is 32.9 Å². The van der Waals surface area contributed by atoms with Crippen LogP contribution in [0.3, 0.4) is 0 Å². The molecule has 0 aliphatic carbocycles. The molecule has 0 atom stereocenters. The summed E-state index contributed by atoms with van der Waals surface area (Å²) < 4.78 is 14.8. The summed E-state index contributed by atoms with van der Waals surface area (Å²) in [4.78, 5) is 12.2. The van der Waals surface area contributed by atoms with Crippen LogP contribution in [0.2, 0.25) is 0 Å². The van der Waals surface area contributed by atoms with Gasteiger partial charge in [-0.25, -0.2) is 4.39 Å². The standard InChI is InChI=1S/C18H17BrFN3O/c1-3-21-23(4-2)12-16(24)22-18-14(10-11-15(19)17(18)20)13-8-6-5-7-9-13/h3-11H,2,12H2,1H3,(H,22,24)/b21-3-. The molecule has 2 aromatic carbocycles. The van der Waals surface area contributed by atoms with Gasteiger partial charge in [-0.1, -0.05) is 43.0 Å². The fourth-order valence-electron chi connectivity index (χ4n) is 2.16. The third kappa shape index (κ3) is 4.29. The molecule has 0 radical (unpaired) electrons. The van der Waals surface area contributed by atoms with Crippen molar-refractivity contribution < 1.29 is 9.18 Å². The van der Waals surface area contributed by atoms with Crippen molar-refractivity contribution in [3.8, 4) is 11.1 Å². The first-order chi connectivity index (χ1) is 11.6. The van der Waals surface area contributed by atoms with Crippen LogP contribution in [0.5, 0.6) is 0 Å². The van der Waals surface area contributed by atoms with Crippen molar-refractivity contribution in [3.05, 3.63) is 65.5 Å². The van der Waals surface area contributed by atoms with E-state index in [0.29, 0.717) is 5.56 Å². The molecule has 0 saturated carbocycles. The summed E-state index contributed by atoms with van der Waals surface area (Å²) in [7, 11) is 0. The van der Waals surface area contributed by atoms with Crippen molar-refractivity contribution >= 4 is 33.7 Å². The van der Waals surface area contributed by atoms with Crippen molar-refractivity contribution in [2.45, 2.75) is 6.92 Å². The third-order valence-electron chi connectivity index (χ3n) is 3.22. The number of hydrogen-bond acceptors (Lipinski definition) is 3. The molecule has 6 heteroatoms. The maximum Gasteiger partial charge on any atom is 0.246 e. The van der Waals surface area contributed by atoms with Gasteiger partial charge in [-0.15, -0.1) is 0 Å². The fourth-order valence-corrected chi connectivity index (χ4v) is 2.49. The maximum atomic E-state index is 14.6. The molecule has 0 heterocycles. The minimum absolute atomic E-state index is 0.0615. The largest absolute Gasteiger partial charge is 0.321 e. The summed E-state index contributed by atoms with van der Waals surface area (Å²) in [5.74, 6) is -0.913. The number of carbonyl (C=O) groups excluding carboxylic acids is 1. The van der Waals surface area contributed by atoms with Gasteiger partial charge in [0.1, 0.15) is 6.54 Å². The van der Waals surface area contributed by atoms with Crippen molar-refractivity contribution in [1.82, 2.24) is 5.01 Å². The second-order valence-corrected chi connectivity index (χ2v) is 5.71. The average molecular weight is 390 g/mol. The van der Waals surface area contributed by atoms with Gasteiger partial charge in [0.25, 0.3) is 0 Å². The zero-order chi connectivity index (χ0) is 17.5. The minimum atomic E-state index is -0.520. The van der Waals surface area contributed by atoms with Gasteiger partial charge in [0.05, 0.1) is 10.2 Å². The molecule has 24 heavy (non-hydrogen) atoms. The van der Waals surface area contributed by atoms with E-state index in [1.807, 2.05) is 30.3 Å². The quantitative estimate of drug-likeness (QED) is 0.577. The molecule has 1 amide bonds. The topological polar surface area (TPSA) is 44.7 Å². The molecular formula is C18H17BrFN3O. The Morgan fingerprint density at radius 3 is 2.67 bits per heavy atom. The summed E-state index contributed by atoms with van der Waals surface area (Å²) in [5, 5.41) is 7.97. The van der Waals surface area contributed by atoms with E-state index in [0.717, 1.165) is 5.56 Å². The third-order valence-corrected chi connectivity index (χ3v) is 3.84. The van der Waals surface area contributed by atoms with Crippen LogP contribution in [-0.2, 0) is 4.79 Å². The molecule has 0 spiro atoms. The number of rotatable bonds is 6. The van der Waals surface area contributed by atoms with Crippen molar-refractivity contribution in [2.75, 3.05) is 11.9 Å². The maximum absolute atomic E-state index is 14.6. The van der Waals surface area contributed by atoms with E-state index in [1.54, 1.807) is 25.3 Å². The lowest BCUT2D eigenvalue weighted by molar-refractivity contribution is -0.116. The Kier molecular flexibility index (Phi) is 6.26. The van der Waals surface area contributed by atoms with E-state index < -0.39 is 11.7 Å². The van der Waals surface area contributed by atoms with Crippen LogP contribution in [0.1, 0.15) is 6.92 Å². The smallest absolute Gasteiger partial charge is 0.246 e. The average Bonchev–Trinajstić information content (AvgIpc) is 2.59. The highest BCUT2D eigenvalue weighted by Gasteiger charge is 2.17. The van der Waals surface area contributed by atoms with Gasteiger partial charge in [-0.3, -0.25) is 9.80 Å². The van der Waals surface area contributed by atoms with Gasteiger partial charge in [0.2, 0.25) is 5.91 Å². The van der Waals surface area contributed by atoms with Crippen LogP contribution in [0.25, 0.3) is 11.1 Å². The van der Waals surface area contributed by atoms with E-state index in [-0.39, 0.29) is 16.7 Å². The first-order valence-corrected chi connectivity index (χ1v) is 8.07. The van der Waals surface area contributed by atoms with Crippen LogP contribution < -0.4 is 5.32 Å². The number of nitrogens with zero attached hydrogens (tertiary/aromatic N) is 2. The summed E-state index contributed by atoms with van der Waals surface area (Å²) in [6, 6.07) is 12.7. The van der Waals surface area contributed by atoms with Crippen LogP contribution in [-0.4, -0.2) is 23.7 Å². The van der Waals surface area contributed by atoms with E-state index >= 15 is 0 Å². The molecule has 0 aliphatic heterocycles. The Labute approximate surface area is 148 Å². The minimum Gasteiger partial charge on any atom is -0.321 e. The van der Waals surface area contributed by atoms with Crippen LogP contribution in [0.15, 0.2) is 64.8 Å². The lowest BCUT2D eigenvalue weighted by Gasteiger charge is -2.16. The Morgan fingerprint density at radius 2 is 2.04 bits per heavy atom. The molecule has 0 saturated heterocycles. The normalized spacial score (nSPS) is 10.6. The number of amides is 1. The number of hydrazone groups is 1. The molecule has 1 N–H and O–H groups in total. The first kappa shape index (κ1) is 17.9. The van der Waals surface area contributed by atoms with Gasteiger partial charge >= 0.3 is 0 Å². The number of benzene rings is 2. The number of halogens is 2. The molecule has 2 rings (SSSR count). The highest BCUT2D eigenvalue weighted by molar-refractivity contribution is 9.10. The van der Waals surface area contributed by atoms with Gasteiger partial charge in [0, 0.05) is 18.0 Å². The lowest BCUT2D eigenvalue weighted by Crippen LogP contribution is -2.26. The summed E-state index contributed by atoms with van der Waals surface area (Å²) >= 11 is 3.16. The highest BCUT2D eigenvalue weighted by Crippen LogP contribution is 2.34. The second kappa shape index (κ2) is 8.40. The molecule has 4 nitrogen and oxygen atoms in total. The van der Waals surface area contributed by atoms with Crippen molar-refractivity contribution in [2.24, 2.45) is 5.10 Å². The Balaban J connectivity index is 2.33. The lowest BCUT2D eigenvalue weighted by atomic mass is 10.0. The number of nitrogens with one attached hydrogen (secondary N) is 1. The Bertz CT molecular complexity index is 762. The zero-order valence-corrected chi connectivity index (χ0v) is 14.8. The molecule has 0 aromatic heterocycles. The van der Waals surface area contributed by atoms with E-state index in [1.165, 1.54) is 11.2 Å². The van der Waals surface area contributed by atoms with E-state index in [4.69, 9.17) is 0 Å². The summed E-state index contributed by atoms with van der Waals surface area (Å²) in [5.41, 5.74) is 1.55. The molecule has 124 valence electrons. The fraction of sp³-hybridized carbons (Fsp3) is 0.111. The monoisotopic (exact) mass is 389 g/mol. The number of carbonyl (C=O) groups is 1. The van der Waals surface area contributed by atoms with Gasteiger partial charge < -0.3 is 5.32 Å². The van der Waals surface area contributed by atoms with E-state index in [9.17, 15) is 9.18 Å². The van der Waals surface area contributed by atoms with Crippen LogP contribution in [0.4, 0.5) is 10.1 Å². The van der Waals surface area contributed by atoms with Crippen molar-refractivity contribution in [3.63, 3.8) is 0 Å². The predicted octanol–water partition coefficient (Wildman–Crippen LogP) is 4.64. The Hall–Kier alpha value is -2.47. The molecule has 0 fully saturated rings. The molecule has 2 aromatic rings. The van der Waals surface area contributed by atoms with Crippen LogP contribution >= 0.6 is 15.9 Å². The Morgan fingerprint density at radius 1 is 1.33 bits per heavy atom. The molecular weight excluding hydrogens is 373 g/mol. The first-order valence-electron chi connectivity index (χ1n) is 7.28. The summed E-state index contributed by atoms with van der Waals surface area (Å²) in [6.45, 7) is 5.26. The number of anilines is 1. The highest BCUT2D eigenvalue weighted by atomic mass is 79.9. The number of hydrogen-bond donors (Lipinski definition) is 1. The predicted molar refractivity (Wildman–Crippen MR) is 99.2 cm³/mol. The van der Waals surface area contributed by atoms with Crippen LogP contribution in [0, 0.1) is 5.82 Å². The van der Waals surface area contributed by atoms with Crippen molar-refractivity contribution in [1.29, 1.82) is 0 Å². The zero-order valence-electron chi connectivity index (χ0n) is 13.2. The SMILES string of the molecule is C=CN(CC(=O)Nc1c(-c2ccccc2)ccc(Br)c1F)/N=C\C. The summed E-state index contributed by atoms with van der Waals surface area (Å²) in [6.07, 6.45) is 2.97. The molecule has 0 unspecified atom stereocenters. The van der Waals surface area contributed by atoms with Gasteiger partial charge in [-0.2, -0.15) is 5.10 Å². The molecule has 0 aliphatic rings. The second-order valence-electron chi connectivity index (χ2n) is 4.85.